The molecule has 0 saturated carbocycles. The summed E-state index contributed by atoms with van der Waals surface area (Å²) in [7, 11) is 1.71. The quantitative estimate of drug-likeness (QED) is 0.576. The van der Waals surface area contributed by atoms with Crippen molar-refractivity contribution >= 4 is 12.6 Å². The van der Waals surface area contributed by atoms with Gasteiger partial charge < -0.3 is 10.1 Å². The molecule has 2 nitrogen and oxygen atoms in total. The fraction of sp³-hybridized carbons (Fsp3) is 0.571. The van der Waals surface area contributed by atoms with Crippen molar-refractivity contribution < 1.29 is 4.74 Å². The molecule has 0 spiro atoms. The summed E-state index contributed by atoms with van der Waals surface area (Å²) < 4.78 is 5.26. The van der Waals surface area contributed by atoms with E-state index < -0.39 is 0 Å². The third-order valence-corrected chi connectivity index (χ3v) is 3.25. The summed E-state index contributed by atoms with van der Waals surface area (Å²) in [4.78, 5) is 0. The molecule has 0 aromatic heterocycles. The normalized spacial score (nSPS) is 11.5. The number of benzene rings is 1. The van der Waals surface area contributed by atoms with Crippen LogP contribution in [0.3, 0.4) is 0 Å². The molecule has 0 aliphatic rings. The van der Waals surface area contributed by atoms with Crippen molar-refractivity contribution in [2.45, 2.75) is 25.7 Å². The Kier molecular flexibility index (Phi) is 5.86. The van der Waals surface area contributed by atoms with E-state index in [-0.39, 0.29) is 5.41 Å². The second-order valence-electron chi connectivity index (χ2n) is 4.87. The first-order valence-electron chi connectivity index (χ1n) is 6.06. The Morgan fingerprint density at radius 2 is 2.12 bits per heavy atom. The van der Waals surface area contributed by atoms with Crippen molar-refractivity contribution in [1.29, 1.82) is 0 Å². The molecular weight excluding hydrogens is 230 g/mol. The number of rotatable bonds is 7. The zero-order valence-corrected chi connectivity index (χ0v) is 11.9. The molecule has 0 aliphatic carbocycles. The number of ether oxygens (including phenoxy) is 1. The number of hydrogen-bond acceptors (Lipinski definition) is 3. The van der Waals surface area contributed by atoms with Gasteiger partial charge in [0.25, 0.3) is 0 Å². The van der Waals surface area contributed by atoms with Crippen LogP contribution in [0.5, 0.6) is 5.75 Å². The molecule has 0 amide bonds. The highest BCUT2D eigenvalue weighted by Gasteiger charge is 2.20. The summed E-state index contributed by atoms with van der Waals surface area (Å²) in [5, 5.41) is 3.47. The molecule has 0 atom stereocenters. The molecule has 3 heteroatoms. The summed E-state index contributed by atoms with van der Waals surface area (Å²) in [6, 6.07) is 8.29. The second kappa shape index (κ2) is 6.92. The van der Waals surface area contributed by atoms with Crippen molar-refractivity contribution in [3.05, 3.63) is 29.8 Å². The Labute approximate surface area is 110 Å². The first kappa shape index (κ1) is 14.4. The maximum absolute atomic E-state index is 5.26. The SMILES string of the molecule is COc1cccc(C(C)(C)CNCCCS)c1. The molecule has 96 valence electrons. The molecule has 0 saturated heterocycles. The predicted molar refractivity (Wildman–Crippen MR) is 77.4 cm³/mol. The maximum Gasteiger partial charge on any atom is 0.119 e. The Balaban J connectivity index is 2.61. The zero-order chi connectivity index (χ0) is 12.7. The van der Waals surface area contributed by atoms with Gasteiger partial charge in [-0.1, -0.05) is 26.0 Å². The van der Waals surface area contributed by atoms with Gasteiger partial charge >= 0.3 is 0 Å². The Hall–Kier alpha value is -0.670. The Morgan fingerprint density at radius 1 is 1.35 bits per heavy atom. The fourth-order valence-corrected chi connectivity index (χ4v) is 1.91. The molecule has 1 aromatic carbocycles. The molecule has 0 fully saturated rings. The third-order valence-electron chi connectivity index (χ3n) is 2.93. The first-order valence-corrected chi connectivity index (χ1v) is 6.69. The molecule has 1 aromatic rings. The lowest BCUT2D eigenvalue weighted by Crippen LogP contribution is -2.33. The van der Waals surface area contributed by atoms with E-state index in [4.69, 9.17) is 4.74 Å². The van der Waals surface area contributed by atoms with Crippen LogP contribution in [0.4, 0.5) is 0 Å². The molecule has 17 heavy (non-hydrogen) atoms. The van der Waals surface area contributed by atoms with Gasteiger partial charge in [-0.15, -0.1) is 0 Å². The molecule has 1 rings (SSSR count). The van der Waals surface area contributed by atoms with Crippen LogP contribution in [0.25, 0.3) is 0 Å². The van der Waals surface area contributed by atoms with E-state index in [1.807, 2.05) is 12.1 Å². The van der Waals surface area contributed by atoms with Gasteiger partial charge in [0, 0.05) is 12.0 Å². The minimum Gasteiger partial charge on any atom is -0.497 e. The Morgan fingerprint density at radius 3 is 2.76 bits per heavy atom. The third kappa shape index (κ3) is 4.60. The summed E-state index contributed by atoms with van der Waals surface area (Å²) in [5.41, 5.74) is 1.42. The minimum atomic E-state index is 0.116. The van der Waals surface area contributed by atoms with Gasteiger partial charge in [0.15, 0.2) is 0 Å². The van der Waals surface area contributed by atoms with E-state index in [0.29, 0.717) is 0 Å². The summed E-state index contributed by atoms with van der Waals surface area (Å²) in [6.07, 6.45) is 1.11. The van der Waals surface area contributed by atoms with Crippen LogP contribution in [0.15, 0.2) is 24.3 Å². The van der Waals surface area contributed by atoms with Gasteiger partial charge in [-0.25, -0.2) is 0 Å². The van der Waals surface area contributed by atoms with Crippen molar-refractivity contribution in [2.75, 3.05) is 26.0 Å². The Bertz CT molecular complexity index is 339. The molecule has 0 heterocycles. The topological polar surface area (TPSA) is 21.3 Å². The zero-order valence-electron chi connectivity index (χ0n) is 11.0. The summed E-state index contributed by atoms with van der Waals surface area (Å²) in [5.74, 6) is 1.86. The van der Waals surface area contributed by atoms with Crippen molar-refractivity contribution in [3.63, 3.8) is 0 Å². The van der Waals surface area contributed by atoms with Crippen molar-refractivity contribution in [1.82, 2.24) is 5.32 Å². The molecule has 0 bridgehead atoms. The average Bonchev–Trinajstić information content (AvgIpc) is 2.35. The van der Waals surface area contributed by atoms with Crippen molar-refractivity contribution in [3.8, 4) is 5.75 Å². The van der Waals surface area contributed by atoms with Gasteiger partial charge in [-0.05, 0) is 36.4 Å². The van der Waals surface area contributed by atoms with Crippen LogP contribution < -0.4 is 10.1 Å². The van der Waals surface area contributed by atoms with E-state index in [1.165, 1.54) is 5.56 Å². The largest absolute Gasteiger partial charge is 0.497 e. The molecule has 0 aliphatic heterocycles. The van der Waals surface area contributed by atoms with E-state index in [0.717, 1.165) is 31.0 Å². The number of methoxy groups -OCH3 is 1. The number of hydrogen-bond donors (Lipinski definition) is 2. The molecular formula is C14H23NOS. The number of nitrogens with one attached hydrogen (secondary N) is 1. The summed E-state index contributed by atoms with van der Waals surface area (Å²) >= 11 is 4.21. The highest BCUT2D eigenvalue weighted by molar-refractivity contribution is 7.80. The van der Waals surface area contributed by atoms with Gasteiger partial charge in [0.1, 0.15) is 5.75 Å². The van der Waals surface area contributed by atoms with E-state index >= 15 is 0 Å². The lowest BCUT2D eigenvalue weighted by atomic mass is 9.84. The minimum absolute atomic E-state index is 0.116. The second-order valence-corrected chi connectivity index (χ2v) is 5.32. The van der Waals surface area contributed by atoms with E-state index in [1.54, 1.807) is 7.11 Å². The van der Waals surface area contributed by atoms with Gasteiger partial charge in [-0.2, -0.15) is 12.6 Å². The van der Waals surface area contributed by atoms with Crippen LogP contribution in [0.2, 0.25) is 0 Å². The van der Waals surface area contributed by atoms with Crippen molar-refractivity contribution in [2.24, 2.45) is 0 Å². The highest BCUT2D eigenvalue weighted by Crippen LogP contribution is 2.25. The van der Waals surface area contributed by atoms with Crippen LogP contribution in [-0.4, -0.2) is 26.0 Å². The van der Waals surface area contributed by atoms with E-state index in [9.17, 15) is 0 Å². The molecule has 0 unspecified atom stereocenters. The molecule has 1 N–H and O–H groups in total. The van der Waals surface area contributed by atoms with Crippen LogP contribution in [-0.2, 0) is 5.41 Å². The number of thiol groups is 1. The first-order chi connectivity index (χ1) is 8.10. The average molecular weight is 253 g/mol. The highest BCUT2D eigenvalue weighted by atomic mass is 32.1. The van der Waals surface area contributed by atoms with Gasteiger partial charge in [0.05, 0.1) is 7.11 Å². The van der Waals surface area contributed by atoms with Crippen LogP contribution in [0, 0.1) is 0 Å². The lowest BCUT2D eigenvalue weighted by molar-refractivity contribution is 0.410. The lowest BCUT2D eigenvalue weighted by Gasteiger charge is -2.26. The fourth-order valence-electron chi connectivity index (χ4n) is 1.75. The van der Waals surface area contributed by atoms with Crippen LogP contribution in [0.1, 0.15) is 25.8 Å². The van der Waals surface area contributed by atoms with E-state index in [2.05, 4.69) is 43.9 Å². The van der Waals surface area contributed by atoms with Gasteiger partial charge in [0.2, 0.25) is 0 Å². The monoisotopic (exact) mass is 253 g/mol. The van der Waals surface area contributed by atoms with Gasteiger partial charge in [-0.3, -0.25) is 0 Å². The van der Waals surface area contributed by atoms with Crippen LogP contribution >= 0.6 is 12.6 Å². The maximum atomic E-state index is 5.26. The standard InChI is InChI=1S/C14H23NOS/c1-14(2,11-15-8-5-9-17)12-6-4-7-13(10-12)16-3/h4,6-7,10,15,17H,5,8-9,11H2,1-3H3. The smallest absolute Gasteiger partial charge is 0.119 e. The summed E-state index contributed by atoms with van der Waals surface area (Å²) in [6.45, 7) is 6.48. The predicted octanol–water partition coefficient (Wildman–Crippen LogP) is 2.88. The molecule has 0 radical (unpaired) electrons.